The topological polar surface area (TPSA) is 110 Å². The standard InChI is InChI=1S/C11H10O7/c1-17-6-4-3-5(8(12)11(15)16)7(10(13)14)9(6)18-2/h3-4H,1-2H3,(H,13,14)(H,15,16). The molecule has 7 heteroatoms. The van der Waals surface area contributed by atoms with Crippen LogP contribution in [0.5, 0.6) is 11.5 Å². The van der Waals surface area contributed by atoms with Gasteiger partial charge in [0.05, 0.1) is 14.2 Å². The summed E-state index contributed by atoms with van der Waals surface area (Å²) < 4.78 is 9.72. The number of carbonyl (C=O) groups is 3. The Morgan fingerprint density at radius 3 is 2.06 bits per heavy atom. The molecule has 1 aromatic rings. The van der Waals surface area contributed by atoms with Crippen molar-refractivity contribution in [2.24, 2.45) is 0 Å². The largest absolute Gasteiger partial charge is 0.493 e. The lowest BCUT2D eigenvalue weighted by atomic mass is 10.0. The lowest BCUT2D eigenvalue weighted by molar-refractivity contribution is -0.131. The van der Waals surface area contributed by atoms with Crippen LogP contribution in [0.25, 0.3) is 0 Å². The van der Waals surface area contributed by atoms with Gasteiger partial charge in [-0.15, -0.1) is 0 Å². The predicted octanol–water partition coefficient (Wildman–Crippen LogP) is 0.669. The second-order valence-corrected chi connectivity index (χ2v) is 3.16. The number of carboxylic acids is 2. The lowest BCUT2D eigenvalue weighted by Crippen LogP contribution is -2.18. The van der Waals surface area contributed by atoms with E-state index in [1.165, 1.54) is 20.3 Å². The van der Waals surface area contributed by atoms with Gasteiger partial charge in [-0.1, -0.05) is 0 Å². The lowest BCUT2D eigenvalue weighted by Gasteiger charge is -2.12. The number of methoxy groups -OCH3 is 2. The fourth-order valence-electron chi connectivity index (χ4n) is 1.44. The Labute approximate surface area is 102 Å². The summed E-state index contributed by atoms with van der Waals surface area (Å²) in [5.41, 5.74) is -1.00. The number of aromatic carboxylic acids is 1. The molecular formula is C11H10O7. The van der Waals surface area contributed by atoms with Crippen molar-refractivity contribution >= 4 is 17.7 Å². The number of aliphatic carboxylic acids is 1. The van der Waals surface area contributed by atoms with Crippen LogP contribution in [0.4, 0.5) is 0 Å². The molecule has 96 valence electrons. The van der Waals surface area contributed by atoms with E-state index in [-0.39, 0.29) is 11.5 Å². The van der Waals surface area contributed by atoms with Crippen molar-refractivity contribution in [1.29, 1.82) is 0 Å². The molecule has 1 aromatic carbocycles. The molecule has 0 aliphatic carbocycles. The van der Waals surface area contributed by atoms with E-state index in [4.69, 9.17) is 19.7 Å². The van der Waals surface area contributed by atoms with E-state index < -0.39 is 28.8 Å². The van der Waals surface area contributed by atoms with Crippen molar-refractivity contribution in [1.82, 2.24) is 0 Å². The minimum atomic E-state index is -1.75. The van der Waals surface area contributed by atoms with Crippen molar-refractivity contribution in [2.75, 3.05) is 14.2 Å². The number of hydrogen-bond acceptors (Lipinski definition) is 5. The van der Waals surface area contributed by atoms with Crippen molar-refractivity contribution in [3.8, 4) is 11.5 Å². The van der Waals surface area contributed by atoms with Crippen molar-refractivity contribution in [3.63, 3.8) is 0 Å². The molecule has 0 saturated heterocycles. The van der Waals surface area contributed by atoms with Crippen molar-refractivity contribution < 1.29 is 34.1 Å². The molecular weight excluding hydrogens is 244 g/mol. The zero-order valence-electron chi connectivity index (χ0n) is 9.59. The molecule has 0 fully saturated rings. The summed E-state index contributed by atoms with van der Waals surface area (Å²) in [4.78, 5) is 33.1. The van der Waals surface area contributed by atoms with Gasteiger partial charge >= 0.3 is 11.9 Å². The first-order chi connectivity index (χ1) is 8.43. The number of Topliss-reactive ketones (excluding diaryl/α,β-unsaturated/α-hetero) is 1. The van der Waals surface area contributed by atoms with Crippen LogP contribution in [-0.2, 0) is 4.79 Å². The molecule has 2 N–H and O–H groups in total. The van der Waals surface area contributed by atoms with Gasteiger partial charge < -0.3 is 19.7 Å². The molecule has 0 aliphatic rings. The van der Waals surface area contributed by atoms with Crippen molar-refractivity contribution in [2.45, 2.75) is 0 Å². The zero-order chi connectivity index (χ0) is 13.9. The summed E-state index contributed by atoms with van der Waals surface area (Å²) in [6.45, 7) is 0. The van der Waals surface area contributed by atoms with E-state index >= 15 is 0 Å². The van der Waals surface area contributed by atoms with Gasteiger partial charge in [0.2, 0.25) is 0 Å². The van der Waals surface area contributed by atoms with E-state index in [0.717, 1.165) is 6.07 Å². The molecule has 0 bridgehead atoms. The number of hydrogen-bond donors (Lipinski definition) is 2. The predicted molar refractivity (Wildman–Crippen MR) is 58.5 cm³/mol. The Morgan fingerprint density at radius 2 is 1.67 bits per heavy atom. The minimum Gasteiger partial charge on any atom is -0.493 e. The molecule has 1 rings (SSSR count). The highest BCUT2D eigenvalue weighted by atomic mass is 16.5. The zero-order valence-corrected chi connectivity index (χ0v) is 9.59. The summed E-state index contributed by atoms with van der Waals surface area (Å²) in [6.07, 6.45) is 0. The van der Waals surface area contributed by atoms with Gasteiger partial charge in [0.15, 0.2) is 11.5 Å². The van der Waals surface area contributed by atoms with E-state index in [9.17, 15) is 14.4 Å². The molecule has 0 saturated carbocycles. The first kappa shape index (κ1) is 13.5. The highest BCUT2D eigenvalue weighted by molar-refractivity contribution is 6.41. The second-order valence-electron chi connectivity index (χ2n) is 3.16. The molecule has 0 aliphatic heterocycles. The Bertz CT molecular complexity index is 518. The van der Waals surface area contributed by atoms with Gasteiger partial charge in [-0.05, 0) is 12.1 Å². The van der Waals surface area contributed by atoms with Crippen molar-refractivity contribution in [3.05, 3.63) is 23.3 Å². The van der Waals surface area contributed by atoms with E-state index in [1.54, 1.807) is 0 Å². The molecule has 0 aromatic heterocycles. The second kappa shape index (κ2) is 5.17. The Kier molecular flexibility index (Phi) is 3.88. The maximum atomic E-state index is 11.4. The van der Waals surface area contributed by atoms with E-state index in [0.29, 0.717) is 0 Å². The van der Waals surface area contributed by atoms with Crippen LogP contribution < -0.4 is 9.47 Å². The maximum Gasteiger partial charge on any atom is 0.377 e. The molecule has 0 heterocycles. The summed E-state index contributed by atoms with van der Waals surface area (Å²) in [5.74, 6) is -4.65. The first-order valence-electron chi connectivity index (χ1n) is 4.70. The first-order valence-corrected chi connectivity index (χ1v) is 4.70. The monoisotopic (exact) mass is 254 g/mol. The Morgan fingerprint density at radius 1 is 1.06 bits per heavy atom. The van der Waals surface area contributed by atoms with Crippen LogP contribution >= 0.6 is 0 Å². The fourth-order valence-corrected chi connectivity index (χ4v) is 1.44. The number of benzene rings is 1. The molecule has 0 radical (unpaired) electrons. The smallest absolute Gasteiger partial charge is 0.377 e. The summed E-state index contributed by atoms with van der Waals surface area (Å²) >= 11 is 0. The molecule has 0 unspecified atom stereocenters. The van der Waals surface area contributed by atoms with Gasteiger partial charge in [-0.2, -0.15) is 0 Å². The van der Waals surface area contributed by atoms with Crippen LogP contribution in [0.2, 0.25) is 0 Å². The third-order valence-electron chi connectivity index (χ3n) is 2.20. The Hall–Kier alpha value is -2.57. The van der Waals surface area contributed by atoms with Gasteiger partial charge in [-0.25, -0.2) is 9.59 Å². The SMILES string of the molecule is COc1ccc(C(=O)C(=O)O)c(C(=O)O)c1OC. The summed E-state index contributed by atoms with van der Waals surface area (Å²) in [6, 6.07) is 2.34. The highest BCUT2D eigenvalue weighted by Gasteiger charge is 2.27. The number of carbonyl (C=O) groups excluding carboxylic acids is 1. The molecule has 0 atom stereocenters. The number of carboxylic acid groups (broad SMARTS) is 2. The molecule has 0 spiro atoms. The average Bonchev–Trinajstić information content (AvgIpc) is 2.35. The van der Waals surface area contributed by atoms with E-state index in [2.05, 4.69) is 0 Å². The normalized spacial score (nSPS) is 9.67. The van der Waals surface area contributed by atoms with Crippen LogP contribution in [0, 0.1) is 0 Å². The quantitative estimate of drug-likeness (QED) is 0.586. The fraction of sp³-hybridized carbons (Fsp3) is 0.182. The highest BCUT2D eigenvalue weighted by Crippen LogP contribution is 2.33. The average molecular weight is 254 g/mol. The Balaban J connectivity index is 3.59. The van der Waals surface area contributed by atoms with Crippen LogP contribution in [0.15, 0.2) is 12.1 Å². The van der Waals surface area contributed by atoms with Crippen LogP contribution in [0.3, 0.4) is 0 Å². The molecule has 0 amide bonds. The summed E-state index contributed by atoms with van der Waals surface area (Å²) in [7, 11) is 2.49. The minimum absolute atomic E-state index is 0.0943. The number of ketones is 1. The number of ether oxygens (including phenoxy) is 2. The third kappa shape index (κ3) is 2.24. The third-order valence-corrected chi connectivity index (χ3v) is 2.20. The van der Waals surface area contributed by atoms with Gasteiger partial charge in [0.25, 0.3) is 5.78 Å². The number of rotatable bonds is 5. The molecule has 7 nitrogen and oxygen atoms in total. The summed E-state index contributed by atoms with van der Waals surface area (Å²) in [5, 5.41) is 17.7. The van der Waals surface area contributed by atoms with Crippen LogP contribution in [0.1, 0.15) is 20.7 Å². The van der Waals surface area contributed by atoms with Gasteiger partial charge in [0, 0.05) is 5.56 Å². The maximum absolute atomic E-state index is 11.4. The molecule has 18 heavy (non-hydrogen) atoms. The van der Waals surface area contributed by atoms with Gasteiger partial charge in [-0.3, -0.25) is 4.79 Å². The van der Waals surface area contributed by atoms with Crippen LogP contribution in [-0.4, -0.2) is 42.2 Å². The van der Waals surface area contributed by atoms with E-state index in [1.807, 2.05) is 0 Å². The van der Waals surface area contributed by atoms with Gasteiger partial charge in [0.1, 0.15) is 5.56 Å².